The molecule has 0 spiro atoms. The van der Waals surface area contributed by atoms with Crippen LogP contribution in [-0.2, 0) is 11.2 Å². The van der Waals surface area contributed by atoms with E-state index in [4.69, 9.17) is 0 Å². The highest BCUT2D eigenvalue weighted by atomic mass is 16.2. The van der Waals surface area contributed by atoms with Crippen molar-refractivity contribution in [2.45, 2.75) is 46.1 Å². The van der Waals surface area contributed by atoms with Crippen LogP contribution in [0.5, 0.6) is 0 Å². The molecule has 1 amide bonds. The first-order valence-electron chi connectivity index (χ1n) is 8.44. The molecule has 0 radical (unpaired) electrons. The van der Waals surface area contributed by atoms with E-state index in [1.165, 1.54) is 16.7 Å². The summed E-state index contributed by atoms with van der Waals surface area (Å²) in [5.74, 6) is 0.673. The van der Waals surface area contributed by atoms with Gasteiger partial charge in [0.05, 0.1) is 0 Å². The van der Waals surface area contributed by atoms with E-state index in [-0.39, 0.29) is 5.91 Å². The number of hydrogen-bond acceptors (Lipinski definition) is 2. The Balaban J connectivity index is 2.00. The molecule has 0 fully saturated rings. The molecule has 22 heavy (non-hydrogen) atoms. The van der Waals surface area contributed by atoms with Crippen LogP contribution in [0, 0.1) is 5.92 Å². The van der Waals surface area contributed by atoms with Crippen LogP contribution in [0.1, 0.15) is 44.7 Å². The van der Waals surface area contributed by atoms with Crippen molar-refractivity contribution in [3.63, 3.8) is 0 Å². The van der Waals surface area contributed by atoms with E-state index in [1.807, 2.05) is 4.90 Å². The van der Waals surface area contributed by atoms with Gasteiger partial charge in [-0.05, 0) is 60.6 Å². The van der Waals surface area contributed by atoms with Crippen LogP contribution in [0.15, 0.2) is 24.3 Å². The maximum absolute atomic E-state index is 12.2. The zero-order valence-corrected chi connectivity index (χ0v) is 13.9. The van der Waals surface area contributed by atoms with Gasteiger partial charge in [0.2, 0.25) is 5.91 Å². The zero-order chi connectivity index (χ0) is 15.7. The number of benzene rings is 1. The predicted octanol–water partition coefficient (Wildman–Crippen LogP) is 3.39. The summed E-state index contributed by atoms with van der Waals surface area (Å²) >= 11 is 0. The van der Waals surface area contributed by atoms with Crippen molar-refractivity contribution in [3.05, 3.63) is 35.4 Å². The smallest absolute Gasteiger partial charge is 0.224 e. The highest BCUT2D eigenvalue weighted by Gasteiger charge is 2.33. The second-order valence-corrected chi connectivity index (χ2v) is 6.57. The molecule has 1 aromatic carbocycles. The van der Waals surface area contributed by atoms with Crippen molar-refractivity contribution in [3.8, 4) is 0 Å². The number of nitrogens with one attached hydrogen (secondary N) is 1. The average Bonchev–Trinajstić information content (AvgIpc) is 2.53. The summed E-state index contributed by atoms with van der Waals surface area (Å²) in [5, 5.41) is 3.36. The lowest BCUT2D eigenvalue weighted by Crippen LogP contribution is -2.46. The van der Waals surface area contributed by atoms with Gasteiger partial charge >= 0.3 is 0 Å². The number of fused-ring (bicyclic) bond motifs is 1. The van der Waals surface area contributed by atoms with Crippen LogP contribution in [0.4, 0.5) is 5.69 Å². The minimum absolute atomic E-state index is 0.161. The van der Waals surface area contributed by atoms with Gasteiger partial charge in [0.25, 0.3) is 0 Å². The molecule has 2 heterocycles. The van der Waals surface area contributed by atoms with Crippen LogP contribution in [0.3, 0.4) is 0 Å². The van der Waals surface area contributed by atoms with Crippen molar-refractivity contribution in [2.24, 2.45) is 5.92 Å². The Morgan fingerprint density at radius 3 is 2.86 bits per heavy atom. The van der Waals surface area contributed by atoms with Gasteiger partial charge in [0.1, 0.15) is 0 Å². The Morgan fingerprint density at radius 2 is 2.23 bits per heavy atom. The molecule has 0 saturated heterocycles. The Bertz CT molecular complexity index is 605. The third-order valence-electron chi connectivity index (χ3n) is 5.06. The fourth-order valence-electron chi connectivity index (χ4n) is 3.97. The molecule has 3 heteroatoms. The van der Waals surface area contributed by atoms with Crippen LogP contribution < -0.4 is 10.2 Å². The quantitative estimate of drug-likeness (QED) is 0.907. The molecule has 0 bridgehead atoms. The SMILES string of the molecule is CC[C@H]1C(C)Cc2cc(C3=CCNCC3)ccc2N1C(C)=O. The highest BCUT2D eigenvalue weighted by molar-refractivity contribution is 5.94. The molecule has 1 unspecified atom stereocenters. The first-order chi connectivity index (χ1) is 10.6. The summed E-state index contributed by atoms with van der Waals surface area (Å²) in [4.78, 5) is 14.2. The second kappa shape index (κ2) is 6.25. The Hall–Kier alpha value is -1.61. The largest absolute Gasteiger partial charge is 0.313 e. The van der Waals surface area contributed by atoms with E-state index in [0.717, 1.165) is 38.0 Å². The lowest BCUT2D eigenvalue weighted by atomic mass is 9.84. The van der Waals surface area contributed by atoms with Crippen molar-refractivity contribution in [2.75, 3.05) is 18.0 Å². The van der Waals surface area contributed by atoms with Gasteiger partial charge in [-0.25, -0.2) is 0 Å². The molecule has 0 aliphatic carbocycles. The van der Waals surface area contributed by atoms with Crippen molar-refractivity contribution in [1.82, 2.24) is 5.32 Å². The highest BCUT2D eigenvalue weighted by Crippen LogP contribution is 2.37. The Labute approximate surface area is 133 Å². The third kappa shape index (κ3) is 2.70. The van der Waals surface area contributed by atoms with Crippen LogP contribution in [0.25, 0.3) is 5.57 Å². The van der Waals surface area contributed by atoms with Gasteiger partial charge in [-0.15, -0.1) is 0 Å². The van der Waals surface area contributed by atoms with Gasteiger partial charge in [-0.3, -0.25) is 4.79 Å². The Kier molecular flexibility index (Phi) is 4.34. The fourth-order valence-corrected chi connectivity index (χ4v) is 3.97. The molecular formula is C19H26N2O. The maximum Gasteiger partial charge on any atom is 0.224 e. The fraction of sp³-hybridized carbons (Fsp3) is 0.526. The van der Waals surface area contributed by atoms with Gasteiger partial charge in [-0.1, -0.05) is 26.0 Å². The van der Waals surface area contributed by atoms with E-state index >= 15 is 0 Å². The van der Waals surface area contributed by atoms with E-state index in [9.17, 15) is 4.79 Å². The third-order valence-corrected chi connectivity index (χ3v) is 5.06. The minimum Gasteiger partial charge on any atom is -0.313 e. The second-order valence-electron chi connectivity index (χ2n) is 6.57. The lowest BCUT2D eigenvalue weighted by molar-refractivity contribution is -0.117. The van der Waals surface area contributed by atoms with Crippen molar-refractivity contribution < 1.29 is 4.79 Å². The van der Waals surface area contributed by atoms with E-state index in [1.54, 1.807) is 6.92 Å². The molecule has 1 aromatic rings. The van der Waals surface area contributed by atoms with Crippen LogP contribution >= 0.6 is 0 Å². The van der Waals surface area contributed by atoms with Gasteiger partial charge in [0.15, 0.2) is 0 Å². The summed E-state index contributed by atoms with van der Waals surface area (Å²) in [6.45, 7) is 8.14. The average molecular weight is 298 g/mol. The number of amides is 1. The van der Waals surface area contributed by atoms with Gasteiger partial charge in [0, 0.05) is 25.2 Å². The molecule has 118 valence electrons. The molecule has 0 saturated carbocycles. The molecule has 2 aliphatic rings. The summed E-state index contributed by atoms with van der Waals surface area (Å²) in [6, 6.07) is 6.98. The van der Waals surface area contributed by atoms with Gasteiger partial charge in [-0.2, -0.15) is 0 Å². The number of carbonyl (C=O) groups excluding carboxylic acids is 1. The molecular weight excluding hydrogens is 272 g/mol. The summed E-state index contributed by atoms with van der Waals surface area (Å²) in [6.07, 6.45) is 5.45. The molecule has 1 N–H and O–H groups in total. The molecule has 3 rings (SSSR count). The normalized spacial score (nSPS) is 24.7. The first kappa shape index (κ1) is 15.3. The molecule has 2 atom stereocenters. The minimum atomic E-state index is 0.161. The topological polar surface area (TPSA) is 32.3 Å². The Morgan fingerprint density at radius 1 is 1.41 bits per heavy atom. The van der Waals surface area contributed by atoms with E-state index < -0.39 is 0 Å². The van der Waals surface area contributed by atoms with Gasteiger partial charge < -0.3 is 10.2 Å². The standard InChI is InChI=1S/C19H26N2O/c1-4-18-13(2)11-17-12-16(15-7-9-20-10-8-15)5-6-19(17)21(18)14(3)22/h5-7,12-13,18,20H,4,8-11H2,1-3H3/t13?,18-/m0/s1. The first-order valence-corrected chi connectivity index (χ1v) is 8.44. The maximum atomic E-state index is 12.2. The number of rotatable bonds is 2. The van der Waals surface area contributed by atoms with Crippen LogP contribution in [0.2, 0.25) is 0 Å². The number of nitrogens with zero attached hydrogens (tertiary/aromatic N) is 1. The van der Waals surface area contributed by atoms with E-state index in [2.05, 4.69) is 43.4 Å². The number of carbonyl (C=O) groups is 1. The monoisotopic (exact) mass is 298 g/mol. The molecule has 0 aromatic heterocycles. The van der Waals surface area contributed by atoms with E-state index in [0.29, 0.717) is 12.0 Å². The number of hydrogen-bond donors (Lipinski definition) is 1. The molecule has 2 aliphatic heterocycles. The summed E-state index contributed by atoms with van der Waals surface area (Å²) < 4.78 is 0. The predicted molar refractivity (Wildman–Crippen MR) is 92.0 cm³/mol. The van der Waals surface area contributed by atoms with Crippen LogP contribution in [-0.4, -0.2) is 25.0 Å². The zero-order valence-electron chi connectivity index (χ0n) is 13.9. The molecule has 3 nitrogen and oxygen atoms in total. The number of anilines is 1. The van der Waals surface area contributed by atoms with Crippen molar-refractivity contribution >= 4 is 17.2 Å². The summed E-state index contributed by atoms with van der Waals surface area (Å²) in [5.41, 5.74) is 5.20. The summed E-state index contributed by atoms with van der Waals surface area (Å²) in [7, 11) is 0. The lowest BCUT2D eigenvalue weighted by Gasteiger charge is -2.40. The van der Waals surface area contributed by atoms with Crippen molar-refractivity contribution in [1.29, 1.82) is 0 Å².